The molecule has 1 saturated carbocycles. The summed E-state index contributed by atoms with van der Waals surface area (Å²) in [5.41, 5.74) is 0.888. The second-order valence-electron chi connectivity index (χ2n) is 9.36. The van der Waals surface area contributed by atoms with Crippen LogP contribution in [0.1, 0.15) is 36.1 Å². The Kier molecular flexibility index (Phi) is 6.28. The second kappa shape index (κ2) is 9.15. The monoisotopic (exact) mass is 520 g/mol. The van der Waals surface area contributed by atoms with Crippen LogP contribution >= 0.6 is 0 Å². The first-order valence-electron chi connectivity index (χ1n) is 11.7. The molecule has 0 radical (unpaired) electrons. The molecule has 0 saturated heterocycles. The summed E-state index contributed by atoms with van der Waals surface area (Å²) in [6.45, 7) is 0.671. The molecule has 1 fully saturated rings. The summed E-state index contributed by atoms with van der Waals surface area (Å²) in [7, 11) is -3.91. The number of alkyl halides is 3. The van der Waals surface area contributed by atoms with Gasteiger partial charge in [-0.3, -0.25) is 4.79 Å². The maximum atomic E-state index is 13.5. The fourth-order valence-corrected chi connectivity index (χ4v) is 6.24. The van der Waals surface area contributed by atoms with Gasteiger partial charge in [0.25, 0.3) is 5.56 Å². The van der Waals surface area contributed by atoms with Crippen molar-refractivity contribution in [1.82, 2.24) is 8.87 Å². The van der Waals surface area contributed by atoms with Gasteiger partial charge in [-0.15, -0.1) is 0 Å². The van der Waals surface area contributed by atoms with Crippen molar-refractivity contribution in [2.24, 2.45) is 5.92 Å². The molecule has 2 heterocycles. The number of rotatable bonds is 5. The van der Waals surface area contributed by atoms with Gasteiger partial charge in [0, 0.05) is 37.3 Å². The lowest BCUT2D eigenvalue weighted by Crippen LogP contribution is -2.40. The zero-order valence-corrected chi connectivity index (χ0v) is 20.1. The van der Waals surface area contributed by atoms with Crippen molar-refractivity contribution < 1.29 is 26.0 Å². The molecule has 2 aliphatic rings. The van der Waals surface area contributed by atoms with Gasteiger partial charge < -0.3 is 4.57 Å². The summed E-state index contributed by atoms with van der Waals surface area (Å²) in [6.07, 6.45) is -1.09. The van der Waals surface area contributed by atoms with E-state index >= 15 is 0 Å². The molecule has 5 rings (SSSR count). The highest BCUT2D eigenvalue weighted by molar-refractivity contribution is 7.89. The van der Waals surface area contributed by atoms with Crippen LogP contribution in [-0.4, -0.2) is 23.8 Å². The van der Waals surface area contributed by atoms with E-state index in [-0.39, 0.29) is 29.1 Å². The van der Waals surface area contributed by atoms with Crippen molar-refractivity contribution in [3.8, 4) is 11.1 Å². The van der Waals surface area contributed by atoms with Crippen LogP contribution in [0.2, 0.25) is 0 Å². The van der Waals surface area contributed by atoms with Gasteiger partial charge >= 0.3 is 6.18 Å². The Bertz CT molecular complexity index is 1440. The number of halogens is 4. The van der Waals surface area contributed by atoms with Gasteiger partial charge in [0.1, 0.15) is 5.82 Å². The molecule has 0 bridgehead atoms. The van der Waals surface area contributed by atoms with Crippen LogP contribution in [0.25, 0.3) is 11.1 Å². The van der Waals surface area contributed by atoms with Crippen LogP contribution in [0.4, 0.5) is 17.6 Å². The molecule has 0 spiro atoms. The zero-order chi connectivity index (χ0) is 25.7. The molecular formula is C26H24F4N2O3S. The first-order valence-corrected chi connectivity index (χ1v) is 13.2. The zero-order valence-electron chi connectivity index (χ0n) is 19.3. The van der Waals surface area contributed by atoms with Crippen LogP contribution in [-0.2, 0) is 35.7 Å². The number of aromatic nitrogens is 1. The van der Waals surface area contributed by atoms with E-state index < -0.39 is 27.6 Å². The molecule has 0 unspecified atom stereocenters. The van der Waals surface area contributed by atoms with Crippen molar-refractivity contribution in [2.45, 2.75) is 49.8 Å². The Morgan fingerprint density at radius 2 is 1.64 bits per heavy atom. The van der Waals surface area contributed by atoms with Crippen molar-refractivity contribution in [1.29, 1.82) is 0 Å². The largest absolute Gasteiger partial charge is 0.416 e. The number of pyridine rings is 1. The normalized spacial score (nSPS) is 17.0. The molecule has 1 aliphatic carbocycles. The van der Waals surface area contributed by atoms with Gasteiger partial charge in [0.2, 0.25) is 10.0 Å². The Morgan fingerprint density at radius 3 is 2.22 bits per heavy atom. The van der Waals surface area contributed by atoms with Crippen LogP contribution in [0.15, 0.2) is 64.3 Å². The third-order valence-corrected chi connectivity index (χ3v) is 8.93. The van der Waals surface area contributed by atoms with Crippen molar-refractivity contribution >= 4 is 10.0 Å². The smallest absolute Gasteiger partial charge is 0.311 e. The number of benzene rings is 2. The van der Waals surface area contributed by atoms with Crippen LogP contribution in [0, 0.1) is 11.7 Å². The quantitative estimate of drug-likeness (QED) is 0.434. The van der Waals surface area contributed by atoms with Gasteiger partial charge in [0.05, 0.1) is 10.5 Å². The van der Waals surface area contributed by atoms with Gasteiger partial charge in [-0.1, -0.05) is 18.6 Å². The molecule has 10 heteroatoms. The highest BCUT2D eigenvalue weighted by atomic mass is 32.2. The number of nitrogens with zero attached hydrogens (tertiary/aromatic N) is 2. The van der Waals surface area contributed by atoms with Gasteiger partial charge in [-0.2, -0.15) is 17.5 Å². The summed E-state index contributed by atoms with van der Waals surface area (Å²) in [6, 6.07) is 10.6. The fourth-order valence-electron chi connectivity index (χ4n) is 4.83. The highest BCUT2D eigenvalue weighted by Crippen LogP contribution is 2.33. The summed E-state index contributed by atoms with van der Waals surface area (Å²) < 4.78 is 81.9. The van der Waals surface area contributed by atoms with Crippen LogP contribution in [0.5, 0.6) is 0 Å². The lowest BCUT2D eigenvalue weighted by Gasteiger charge is -2.33. The molecule has 0 N–H and O–H groups in total. The minimum atomic E-state index is -4.49. The number of fused-ring (bicyclic) bond motifs is 1. The molecule has 0 atom stereocenters. The Balaban J connectivity index is 1.56. The summed E-state index contributed by atoms with van der Waals surface area (Å²) in [5, 5.41) is 0. The van der Waals surface area contributed by atoms with Crippen LogP contribution in [0.3, 0.4) is 0 Å². The van der Waals surface area contributed by atoms with Gasteiger partial charge in [-0.25, -0.2) is 12.8 Å². The van der Waals surface area contributed by atoms with E-state index in [0.29, 0.717) is 30.0 Å². The third kappa shape index (κ3) is 4.59. The van der Waals surface area contributed by atoms with E-state index in [1.807, 2.05) is 0 Å². The summed E-state index contributed by atoms with van der Waals surface area (Å²) in [5.74, 6) is -0.199. The minimum Gasteiger partial charge on any atom is -0.311 e. The standard InChI is InChI=1S/C26H24F4N2O3S/c27-21-8-10-22(11-9-21)36(34,35)31-13-12-24-19(16-31)14-23(25(33)32(24)15-17-2-1-3-17)18-4-6-20(7-5-18)26(28,29)30/h4-11,14,17H,1-3,12-13,15-16H2. The maximum Gasteiger partial charge on any atom is 0.416 e. The Morgan fingerprint density at radius 1 is 0.972 bits per heavy atom. The van der Waals surface area contributed by atoms with Crippen molar-refractivity contribution in [2.75, 3.05) is 6.54 Å². The topological polar surface area (TPSA) is 59.4 Å². The minimum absolute atomic E-state index is 0.00756. The highest BCUT2D eigenvalue weighted by Gasteiger charge is 2.33. The number of sulfonamides is 1. The lowest BCUT2D eigenvalue weighted by atomic mass is 9.85. The Hall–Kier alpha value is -2.98. The average molecular weight is 521 g/mol. The van der Waals surface area contributed by atoms with Gasteiger partial charge in [0.15, 0.2) is 0 Å². The molecular weight excluding hydrogens is 496 g/mol. The SMILES string of the molecule is O=c1c(-c2ccc(C(F)(F)F)cc2)cc2c(n1CC1CCC1)CCN(S(=O)(=O)c1ccc(F)cc1)C2. The number of hydrogen-bond acceptors (Lipinski definition) is 3. The average Bonchev–Trinajstić information content (AvgIpc) is 2.81. The van der Waals surface area contributed by atoms with E-state index in [9.17, 15) is 30.8 Å². The lowest BCUT2D eigenvalue weighted by molar-refractivity contribution is -0.137. The van der Waals surface area contributed by atoms with E-state index in [2.05, 4.69) is 0 Å². The predicted octanol–water partition coefficient (Wildman–Crippen LogP) is 5.22. The Labute approximate surface area is 206 Å². The van der Waals surface area contributed by atoms with Gasteiger partial charge in [-0.05, 0) is 72.4 Å². The molecule has 5 nitrogen and oxygen atoms in total. The van der Waals surface area contributed by atoms with E-state index in [0.717, 1.165) is 49.2 Å². The maximum absolute atomic E-state index is 13.5. The van der Waals surface area contributed by atoms with Crippen molar-refractivity contribution in [3.05, 3.63) is 87.6 Å². The second-order valence-corrected chi connectivity index (χ2v) is 11.3. The van der Waals surface area contributed by atoms with Crippen LogP contribution < -0.4 is 5.56 Å². The molecule has 1 aliphatic heterocycles. The first kappa shape index (κ1) is 24.7. The fraction of sp³-hybridized carbons (Fsp3) is 0.346. The molecule has 36 heavy (non-hydrogen) atoms. The molecule has 0 amide bonds. The van der Waals surface area contributed by atoms with E-state index in [1.54, 1.807) is 10.6 Å². The summed E-state index contributed by atoms with van der Waals surface area (Å²) >= 11 is 0. The summed E-state index contributed by atoms with van der Waals surface area (Å²) in [4.78, 5) is 13.5. The molecule has 2 aromatic carbocycles. The molecule has 3 aromatic rings. The molecule has 190 valence electrons. The third-order valence-electron chi connectivity index (χ3n) is 7.08. The van der Waals surface area contributed by atoms with E-state index in [1.165, 1.54) is 28.6 Å². The first-order chi connectivity index (χ1) is 17.0. The predicted molar refractivity (Wildman–Crippen MR) is 126 cm³/mol. The van der Waals surface area contributed by atoms with E-state index in [4.69, 9.17) is 0 Å². The van der Waals surface area contributed by atoms with Crippen molar-refractivity contribution in [3.63, 3.8) is 0 Å². The molecule has 1 aromatic heterocycles. The number of hydrogen-bond donors (Lipinski definition) is 0.